The van der Waals surface area contributed by atoms with Crippen LogP contribution in [0.2, 0.25) is 0 Å². The summed E-state index contributed by atoms with van der Waals surface area (Å²) in [6.07, 6.45) is 1.46. The lowest BCUT2D eigenvalue weighted by Crippen LogP contribution is -2.18. The van der Waals surface area contributed by atoms with Gasteiger partial charge in [0.15, 0.2) is 5.16 Å². The second-order valence-corrected chi connectivity index (χ2v) is 5.22. The summed E-state index contributed by atoms with van der Waals surface area (Å²) in [6, 6.07) is 0. The maximum atomic E-state index is 11.5. The number of ether oxygens (including phenoxy) is 1. The molecule has 17 heavy (non-hydrogen) atoms. The minimum Gasteiger partial charge on any atom is -0.462 e. The number of cyclic esters (lactones) is 1. The fourth-order valence-electron chi connectivity index (χ4n) is 1.76. The van der Waals surface area contributed by atoms with Gasteiger partial charge in [0.1, 0.15) is 11.4 Å². The number of rotatable bonds is 4. The highest BCUT2D eigenvalue weighted by Crippen LogP contribution is 2.30. The normalized spacial score (nSPS) is 24.0. The molecule has 2 rings (SSSR count). The topological polar surface area (TPSA) is 77.0 Å². The van der Waals surface area contributed by atoms with Crippen molar-refractivity contribution in [3.05, 3.63) is 10.5 Å². The highest BCUT2D eigenvalue weighted by atomic mass is 32.2. The fourth-order valence-corrected chi connectivity index (χ4v) is 2.93. The Morgan fingerprint density at radius 1 is 1.59 bits per heavy atom. The van der Waals surface area contributed by atoms with E-state index in [1.165, 1.54) is 11.8 Å². The Balaban J connectivity index is 2.13. The van der Waals surface area contributed by atoms with Gasteiger partial charge in [0.05, 0.1) is 0 Å². The molecule has 7 heteroatoms. The van der Waals surface area contributed by atoms with Crippen molar-refractivity contribution in [2.75, 3.05) is 0 Å². The molecule has 0 amide bonds. The average molecular weight is 257 g/mol. The van der Waals surface area contributed by atoms with Crippen LogP contribution >= 0.6 is 11.8 Å². The van der Waals surface area contributed by atoms with Crippen molar-refractivity contribution >= 4 is 17.7 Å². The summed E-state index contributed by atoms with van der Waals surface area (Å²) in [4.78, 5) is 23.0. The lowest BCUT2D eigenvalue weighted by molar-refractivity contribution is -0.140. The van der Waals surface area contributed by atoms with Crippen molar-refractivity contribution in [1.82, 2.24) is 14.8 Å². The van der Waals surface area contributed by atoms with Gasteiger partial charge in [-0.25, -0.2) is 9.89 Å². The third kappa shape index (κ3) is 2.54. The Morgan fingerprint density at radius 2 is 2.35 bits per heavy atom. The van der Waals surface area contributed by atoms with E-state index >= 15 is 0 Å². The van der Waals surface area contributed by atoms with E-state index < -0.39 is 0 Å². The van der Waals surface area contributed by atoms with Crippen LogP contribution in [0.3, 0.4) is 0 Å². The van der Waals surface area contributed by atoms with Gasteiger partial charge < -0.3 is 4.74 Å². The van der Waals surface area contributed by atoms with Gasteiger partial charge >= 0.3 is 11.7 Å². The van der Waals surface area contributed by atoms with E-state index in [-0.39, 0.29) is 23.0 Å². The Hall–Kier alpha value is -1.24. The molecular formula is C10H15N3O3S. The van der Waals surface area contributed by atoms with E-state index in [9.17, 15) is 9.59 Å². The first kappa shape index (κ1) is 12.2. The molecule has 1 aliphatic heterocycles. The van der Waals surface area contributed by atoms with Gasteiger partial charge in [-0.2, -0.15) is 0 Å². The largest absolute Gasteiger partial charge is 0.462 e. The lowest BCUT2D eigenvalue weighted by Gasteiger charge is -2.05. The predicted octanol–water partition coefficient (Wildman–Crippen LogP) is 0.777. The Kier molecular flexibility index (Phi) is 3.56. The third-order valence-corrected chi connectivity index (χ3v) is 3.74. The van der Waals surface area contributed by atoms with Gasteiger partial charge in [-0.05, 0) is 13.3 Å². The Labute approximate surface area is 103 Å². The molecule has 1 aromatic rings. The van der Waals surface area contributed by atoms with Crippen LogP contribution in [0.4, 0.5) is 0 Å². The molecule has 1 N–H and O–H groups in total. The highest BCUT2D eigenvalue weighted by molar-refractivity contribution is 8.00. The Bertz CT molecular complexity index is 468. The first-order valence-electron chi connectivity index (χ1n) is 5.64. The van der Waals surface area contributed by atoms with E-state index in [0.717, 1.165) is 6.42 Å². The number of hydrogen-bond acceptors (Lipinski definition) is 5. The van der Waals surface area contributed by atoms with Crippen LogP contribution in [0.5, 0.6) is 0 Å². The molecule has 0 radical (unpaired) electrons. The molecule has 1 fully saturated rings. The van der Waals surface area contributed by atoms with Crippen molar-refractivity contribution < 1.29 is 9.53 Å². The Morgan fingerprint density at radius 3 is 2.94 bits per heavy atom. The summed E-state index contributed by atoms with van der Waals surface area (Å²) in [5.74, 6) is -0.221. The number of aromatic nitrogens is 3. The van der Waals surface area contributed by atoms with Crippen LogP contribution in [0.25, 0.3) is 0 Å². The maximum absolute atomic E-state index is 11.5. The number of aromatic amines is 1. The van der Waals surface area contributed by atoms with E-state index in [4.69, 9.17) is 4.74 Å². The minimum atomic E-state index is -0.254. The highest BCUT2D eigenvalue weighted by Gasteiger charge is 2.34. The van der Waals surface area contributed by atoms with Crippen LogP contribution in [0.15, 0.2) is 9.95 Å². The molecule has 2 heterocycles. The van der Waals surface area contributed by atoms with Gasteiger partial charge in [0, 0.05) is 13.0 Å². The quantitative estimate of drug-likeness (QED) is 0.806. The monoisotopic (exact) mass is 257 g/mol. The first-order chi connectivity index (χ1) is 8.11. The van der Waals surface area contributed by atoms with Gasteiger partial charge in [-0.1, -0.05) is 18.7 Å². The van der Waals surface area contributed by atoms with E-state index in [1.807, 2.05) is 13.8 Å². The molecule has 0 saturated carbocycles. The zero-order valence-corrected chi connectivity index (χ0v) is 10.6. The standard InChI is InChI=1S/C10H15N3O3S/c1-3-4-13-9(15)11-12-10(13)17-7-5-6(2)16-8(7)14/h6-7H,3-5H2,1-2H3,(H,11,15)/t6-,7+/m0/s1. The molecule has 0 unspecified atom stereocenters. The second kappa shape index (κ2) is 4.95. The zero-order chi connectivity index (χ0) is 12.4. The maximum Gasteiger partial charge on any atom is 0.343 e. The van der Waals surface area contributed by atoms with Crippen molar-refractivity contribution in [1.29, 1.82) is 0 Å². The molecular weight excluding hydrogens is 242 g/mol. The van der Waals surface area contributed by atoms with Crippen molar-refractivity contribution in [3.63, 3.8) is 0 Å². The SMILES string of the molecule is CCCn1c(S[C@@H]2C[C@H](C)OC2=O)n[nH]c1=O. The second-order valence-electron chi connectivity index (χ2n) is 4.05. The van der Waals surface area contributed by atoms with Gasteiger partial charge in [-0.3, -0.25) is 9.36 Å². The summed E-state index contributed by atoms with van der Waals surface area (Å²) in [6.45, 7) is 4.46. The zero-order valence-electron chi connectivity index (χ0n) is 9.80. The summed E-state index contributed by atoms with van der Waals surface area (Å²) in [5.41, 5.74) is -0.228. The van der Waals surface area contributed by atoms with E-state index in [2.05, 4.69) is 10.2 Å². The van der Waals surface area contributed by atoms with E-state index in [0.29, 0.717) is 18.1 Å². The first-order valence-corrected chi connectivity index (χ1v) is 6.52. The van der Waals surface area contributed by atoms with Crippen molar-refractivity contribution in [3.8, 4) is 0 Å². The molecule has 6 nitrogen and oxygen atoms in total. The molecule has 1 aromatic heterocycles. The molecule has 94 valence electrons. The van der Waals surface area contributed by atoms with Gasteiger partial charge in [0.2, 0.25) is 0 Å². The predicted molar refractivity (Wildman–Crippen MR) is 63.0 cm³/mol. The average Bonchev–Trinajstić information content (AvgIpc) is 2.76. The molecule has 1 aliphatic rings. The molecule has 0 bridgehead atoms. The van der Waals surface area contributed by atoms with Gasteiger partial charge in [0.25, 0.3) is 0 Å². The summed E-state index contributed by atoms with van der Waals surface area (Å²) in [5, 5.41) is 6.65. The number of H-pyrrole nitrogens is 1. The van der Waals surface area contributed by atoms with Crippen molar-refractivity contribution in [2.45, 2.75) is 49.7 Å². The van der Waals surface area contributed by atoms with E-state index in [1.54, 1.807) is 4.57 Å². The number of nitrogens with one attached hydrogen (secondary N) is 1. The van der Waals surface area contributed by atoms with Crippen molar-refractivity contribution in [2.24, 2.45) is 0 Å². The molecule has 0 spiro atoms. The number of hydrogen-bond donors (Lipinski definition) is 1. The summed E-state index contributed by atoms with van der Waals surface area (Å²) < 4.78 is 6.62. The van der Waals surface area contributed by atoms with Crippen LogP contribution < -0.4 is 5.69 Å². The lowest BCUT2D eigenvalue weighted by atomic mass is 10.3. The van der Waals surface area contributed by atoms with Crippen LogP contribution in [-0.4, -0.2) is 32.1 Å². The number of carbonyl (C=O) groups excluding carboxylic acids is 1. The molecule has 1 saturated heterocycles. The molecule has 2 atom stereocenters. The van der Waals surface area contributed by atoms with Gasteiger partial charge in [-0.15, -0.1) is 5.10 Å². The minimum absolute atomic E-state index is 0.0507. The number of carbonyl (C=O) groups is 1. The van der Waals surface area contributed by atoms with Crippen LogP contribution in [0.1, 0.15) is 26.7 Å². The third-order valence-electron chi connectivity index (χ3n) is 2.54. The number of esters is 1. The van der Waals surface area contributed by atoms with Crippen LogP contribution in [0, 0.1) is 0 Å². The number of thioether (sulfide) groups is 1. The van der Waals surface area contributed by atoms with Crippen LogP contribution in [-0.2, 0) is 16.1 Å². The molecule has 0 aliphatic carbocycles. The summed E-state index contributed by atoms with van der Waals surface area (Å²) >= 11 is 1.30. The summed E-state index contributed by atoms with van der Waals surface area (Å²) in [7, 11) is 0. The molecule has 0 aromatic carbocycles. The fraction of sp³-hybridized carbons (Fsp3) is 0.700. The smallest absolute Gasteiger partial charge is 0.343 e. The number of nitrogens with zero attached hydrogens (tertiary/aromatic N) is 2.